The number of nitrogens with one attached hydrogen (secondary N) is 1. The molecule has 1 heterocycles. The molecule has 0 aliphatic carbocycles. The Balaban J connectivity index is 2.16. The zero-order valence-electron chi connectivity index (χ0n) is 10.9. The van der Waals surface area contributed by atoms with Crippen LogP contribution in [0.1, 0.15) is 5.69 Å². The van der Waals surface area contributed by atoms with E-state index in [1.807, 2.05) is 0 Å². The lowest BCUT2D eigenvalue weighted by molar-refractivity contribution is -0.119. The van der Waals surface area contributed by atoms with Gasteiger partial charge in [-0.3, -0.25) is 4.79 Å². The Morgan fingerprint density at radius 3 is 2.90 bits per heavy atom. The highest BCUT2D eigenvalue weighted by molar-refractivity contribution is 5.77. The standard InChI is InChI=1S/C12H13F2N5O2/c13-12(14)21-10-4-2-1-3-9(10)19-7-8(17-18-19)6-16-11(20)5-15/h1-4,7,12H,5-6,15H2,(H,16,20). The minimum atomic E-state index is -2.93. The van der Waals surface area contributed by atoms with E-state index in [4.69, 9.17) is 5.73 Å². The predicted octanol–water partition coefficient (Wildman–Crippen LogP) is 0.444. The number of alkyl halides is 2. The third kappa shape index (κ3) is 3.96. The third-order valence-electron chi connectivity index (χ3n) is 2.52. The van der Waals surface area contributed by atoms with Gasteiger partial charge in [0.1, 0.15) is 11.4 Å². The molecular formula is C12H13F2N5O2. The number of ether oxygens (including phenoxy) is 1. The molecule has 9 heteroatoms. The van der Waals surface area contributed by atoms with Gasteiger partial charge in [0.2, 0.25) is 5.91 Å². The van der Waals surface area contributed by atoms with Gasteiger partial charge in [0.25, 0.3) is 0 Å². The maximum absolute atomic E-state index is 12.3. The molecule has 1 aromatic heterocycles. The Bertz CT molecular complexity index is 617. The molecule has 21 heavy (non-hydrogen) atoms. The Morgan fingerprint density at radius 1 is 1.43 bits per heavy atom. The highest BCUT2D eigenvalue weighted by Gasteiger charge is 2.12. The van der Waals surface area contributed by atoms with Crippen LogP contribution in [0, 0.1) is 0 Å². The fourth-order valence-corrected chi connectivity index (χ4v) is 1.60. The maximum Gasteiger partial charge on any atom is 0.387 e. The van der Waals surface area contributed by atoms with Gasteiger partial charge in [0, 0.05) is 0 Å². The van der Waals surface area contributed by atoms with Gasteiger partial charge in [-0.05, 0) is 12.1 Å². The quantitative estimate of drug-likeness (QED) is 0.807. The first-order valence-corrected chi connectivity index (χ1v) is 6.02. The molecule has 2 rings (SSSR count). The van der Waals surface area contributed by atoms with Crippen LogP contribution in [0.5, 0.6) is 5.75 Å². The van der Waals surface area contributed by atoms with Gasteiger partial charge in [0.15, 0.2) is 5.75 Å². The number of amides is 1. The number of carbonyl (C=O) groups is 1. The number of carbonyl (C=O) groups excluding carboxylic acids is 1. The molecule has 3 N–H and O–H groups in total. The van der Waals surface area contributed by atoms with E-state index in [0.29, 0.717) is 11.4 Å². The molecule has 112 valence electrons. The Hall–Kier alpha value is -2.55. The van der Waals surface area contributed by atoms with Crippen molar-refractivity contribution in [2.75, 3.05) is 6.54 Å². The van der Waals surface area contributed by atoms with Crippen molar-refractivity contribution >= 4 is 5.91 Å². The summed E-state index contributed by atoms with van der Waals surface area (Å²) in [6.45, 7) is -2.91. The highest BCUT2D eigenvalue weighted by Crippen LogP contribution is 2.23. The number of aromatic nitrogens is 3. The van der Waals surface area contributed by atoms with Crippen LogP contribution in [0.4, 0.5) is 8.78 Å². The molecule has 0 fully saturated rings. The number of benzene rings is 1. The van der Waals surface area contributed by atoms with E-state index in [1.165, 1.54) is 16.9 Å². The third-order valence-corrected chi connectivity index (χ3v) is 2.52. The van der Waals surface area contributed by atoms with Crippen LogP contribution in [0.3, 0.4) is 0 Å². The number of hydrogen-bond donors (Lipinski definition) is 2. The van der Waals surface area contributed by atoms with Crippen molar-refractivity contribution in [1.29, 1.82) is 0 Å². The summed E-state index contributed by atoms with van der Waals surface area (Å²) in [7, 11) is 0. The van der Waals surface area contributed by atoms with Gasteiger partial charge >= 0.3 is 6.61 Å². The van der Waals surface area contributed by atoms with Crippen LogP contribution in [0.2, 0.25) is 0 Å². The van der Waals surface area contributed by atoms with Crippen molar-refractivity contribution in [2.24, 2.45) is 5.73 Å². The summed E-state index contributed by atoms with van der Waals surface area (Å²) in [5, 5.41) is 10.2. The number of nitrogens with two attached hydrogens (primary N) is 1. The molecule has 2 aromatic rings. The fourth-order valence-electron chi connectivity index (χ4n) is 1.60. The molecule has 0 aliphatic heterocycles. The van der Waals surface area contributed by atoms with Crippen molar-refractivity contribution < 1.29 is 18.3 Å². The van der Waals surface area contributed by atoms with E-state index in [9.17, 15) is 13.6 Å². The molecule has 0 saturated heterocycles. The van der Waals surface area contributed by atoms with E-state index in [1.54, 1.807) is 18.2 Å². The molecule has 0 bridgehead atoms. The number of hydrogen-bond acceptors (Lipinski definition) is 5. The number of halogens is 2. The molecule has 7 nitrogen and oxygen atoms in total. The Morgan fingerprint density at radius 2 is 2.19 bits per heavy atom. The van der Waals surface area contributed by atoms with E-state index in [2.05, 4.69) is 20.4 Å². The van der Waals surface area contributed by atoms with Crippen molar-refractivity contribution in [3.63, 3.8) is 0 Å². The van der Waals surface area contributed by atoms with Gasteiger partial charge in [-0.1, -0.05) is 17.3 Å². The van der Waals surface area contributed by atoms with Crippen LogP contribution in [-0.2, 0) is 11.3 Å². The summed E-state index contributed by atoms with van der Waals surface area (Å²) in [4.78, 5) is 11.0. The SMILES string of the molecule is NCC(=O)NCc1cn(-c2ccccc2OC(F)F)nn1. The van der Waals surface area contributed by atoms with E-state index in [-0.39, 0.29) is 24.7 Å². The summed E-state index contributed by atoms with van der Waals surface area (Å²) in [5.41, 5.74) is 5.94. The van der Waals surface area contributed by atoms with Crippen LogP contribution in [0.15, 0.2) is 30.5 Å². The van der Waals surface area contributed by atoms with Crippen molar-refractivity contribution in [2.45, 2.75) is 13.2 Å². The van der Waals surface area contributed by atoms with Crippen molar-refractivity contribution in [3.05, 3.63) is 36.2 Å². The average Bonchev–Trinajstić information content (AvgIpc) is 2.93. The summed E-state index contributed by atoms with van der Waals surface area (Å²) in [6.07, 6.45) is 1.50. The lowest BCUT2D eigenvalue weighted by Crippen LogP contribution is -2.29. The van der Waals surface area contributed by atoms with E-state index >= 15 is 0 Å². The summed E-state index contributed by atoms with van der Waals surface area (Å²) >= 11 is 0. The normalized spacial score (nSPS) is 10.7. The van der Waals surface area contributed by atoms with Crippen LogP contribution >= 0.6 is 0 Å². The fraction of sp³-hybridized carbons (Fsp3) is 0.250. The Labute approximate surface area is 118 Å². The molecule has 0 unspecified atom stereocenters. The number of rotatable bonds is 6. The molecule has 1 aromatic carbocycles. The zero-order valence-corrected chi connectivity index (χ0v) is 10.9. The van der Waals surface area contributed by atoms with E-state index in [0.717, 1.165) is 0 Å². The summed E-state index contributed by atoms with van der Waals surface area (Å²) in [6, 6.07) is 6.19. The molecular weight excluding hydrogens is 284 g/mol. The van der Waals surface area contributed by atoms with Crippen LogP contribution < -0.4 is 15.8 Å². The molecule has 0 aliphatic rings. The molecule has 0 radical (unpaired) electrons. The average molecular weight is 297 g/mol. The molecule has 0 spiro atoms. The first kappa shape index (κ1) is 14.9. The predicted molar refractivity (Wildman–Crippen MR) is 68.9 cm³/mol. The second-order valence-corrected chi connectivity index (χ2v) is 3.98. The number of nitrogens with zero attached hydrogens (tertiary/aromatic N) is 3. The minimum absolute atomic E-state index is 0.0186. The number of para-hydroxylation sites is 2. The van der Waals surface area contributed by atoms with Gasteiger partial charge in [0.05, 0.1) is 19.3 Å². The van der Waals surface area contributed by atoms with Gasteiger partial charge in [-0.15, -0.1) is 5.10 Å². The second kappa shape index (κ2) is 6.75. The first-order valence-electron chi connectivity index (χ1n) is 6.02. The lowest BCUT2D eigenvalue weighted by Gasteiger charge is -2.09. The van der Waals surface area contributed by atoms with Crippen molar-refractivity contribution in [3.8, 4) is 11.4 Å². The smallest absolute Gasteiger partial charge is 0.387 e. The molecule has 1 amide bonds. The van der Waals surface area contributed by atoms with E-state index < -0.39 is 6.61 Å². The summed E-state index contributed by atoms with van der Waals surface area (Å²) in [5.74, 6) is -0.346. The molecule has 0 atom stereocenters. The Kier molecular flexibility index (Phi) is 4.77. The van der Waals surface area contributed by atoms with Crippen LogP contribution in [-0.4, -0.2) is 34.1 Å². The lowest BCUT2D eigenvalue weighted by atomic mass is 10.3. The maximum atomic E-state index is 12.3. The topological polar surface area (TPSA) is 95.1 Å². The first-order chi connectivity index (χ1) is 10.1. The highest BCUT2D eigenvalue weighted by atomic mass is 19.3. The van der Waals surface area contributed by atoms with Crippen molar-refractivity contribution in [1.82, 2.24) is 20.3 Å². The van der Waals surface area contributed by atoms with Crippen LogP contribution in [0.25, 0.3) is 5.69 Å². The zero-order chi connectivity index (χ0) is 15.2. The largest absolute Gasteiger partial charge is 0.433 e. The minimum Gasteiger partial charge on any atom is -0.433 e. The van der Waals surface area contributed by atoms with Gasteiger partial charge < -0.3 is 15.8 Å². The molecule has 0 saturated carbocycles. The monoisotopic (exact) mass is 297 g/mol. The summed E-state index contributed by atoms with van der Waals surface area (Å²) < 4.78 is 30.4. The second-order valence-electron chi connectivity index (χ2n) is 3.98. The van der Waals surface area contributed by atoms with Gasteiger partial charge in [-0.25, -0.2) is 4.68 Å². The van der Waals surface area contributed by atoms with Gasteiger partial charge in [-0.2, -0.15) is 8.78 Å².